The van der Waals surface area contributed by atoms with Gasteiger partial charge in [0.2, 0.25) is 0 Å². The second-order valence-electron chi connectivity index (χ2n) is 8.53. The second kappa shape index (κ2) is 14.3. The zero-order valence-corrected chi connectivity index (χ0v) is 21.8. The van der Waals surface area contributed by atoms with Crippen molar-refractivity contribution in [3.8, 4) is 5.75 Å². The summed E-state index contributed by atoms with van der Waals surface area (Å²) in [5, 5.41) is -0.610. The zero-order chi connectivity index (χ0) is 27.3. The number of unbranched alkanes of at least 4 members (excludes halogenated alkanes) is 3. The summed E-state index contributed by atoms with van der Waals surface area (Å²) in [4.78, 5) is 10.1. The van der Waals surface area contributed by atoms with Gasteiger partial charge in [0, 0.05) is 44.8 Å². The van der Waals surface area contributed by atoms with Crippen LogP contribution in [-0.4, -0.2) is 134 Å². The number of carbonyl (C=O) groups excluding carboxylic acids is 1. The minimum absolute atomic E-state index is 0. The molecule has 0 fully saturated rings. The van der Waals surface area contributed by atoms with Crippen molar-refractivity contribution in [2.75, 3.05) is 0 Å². The van der Waals surface area contributed by atoms with Crippen molar-refractivity contribution in [1.29, 1.82) is 0 Å². The molecule has 0 radical (unpaired) electrons. The first-order valence-electron chi connectivity index (χ1n) is 11.1. The fourth-order valence-corrected chi connectivity index (χ4v) is 6.67. The van der Waals surface area contributed by atoms with Crippen LogP contribution in [0.15, 0.2) is 51.1 Å². The third kappa shape index (κ3) is 7.79. The van der Waals surface area contributed by atoms with E-state index in [1.54, 1.807) is 0 Å². The third-order valence-electron chi connectivity index (χ3n) is 6.04. The van der Waals surface area contributed by atoms with Crippen molar-refractivity contribution in [3.05, 3.63) is 36.4 Å². The first kappa shape index (κ1) is 38.1. The summed E-state index contributed by atoms with van der Waals surface area (Å²) in [6, 6.07) is 6.40. The van der Waals surface area contributed by atoms with Gasteiger partial charge in [-0.1, -0.05) is 44.4 Å². The summed E-state index contributed by atoms with van der Waals surface area (Å²) in [6.45, 7) is 2.00. The third-order valence-corrected chi connectivity index (χ3v) is 8.72. The Kier molecular flexibility index (Phi) is 13.6. The molecule has 0 atom stereocenters. The summed E-state index contributed by atoms with van der Waals surface area (Å²) in [7, 11) is -15.0. The molecule has 0 unspecified atom stereocenters. The van der Waals surface area contributed by atoms with Crippen LogP contribution >= 0.6 is 0 Å². The van der Waals surface area contributed by atoms with Crippen molar-refractivity contribution in [2.24, 2.45) is 0 Å². The van der Waals surface area contributed by atoms with Gasteiger partial charge in [0.05, 0.1) is 0 Å². The molecule has 0 saturated heterocycles. The standard InChI is InChI=1S/C23H22O11S3.3Na.3H/c1-2-3-4-5-6-21(24)34-17-11-18(35(25,26)27)14-9-10-16-20(37(31,32)33)12-19(36(28,29)30)15-8-7-13(17)22(14)23(15)16;;;;;;/h7-12H,2-6H2,1H3,(H,25,26,27)(H,28,29,30)(H,31,32,33);;;;;;. The predicted molar refractivity (Wildman–Crippen MR) is 155 cm³/mol. The van der Waals surface area contributed by atoms with E-state index in [4.69, 9.17) is 4.74 Å². The van der Waals surface area contributed by atoms with E-state index in [9.17, 15) is 43.7 Å². The Morgan fingerprint density at radius 2 is 1.05 bits per heavy atom. The Morgan fingerprint density at radius 3 is 1.48 bits per heavy atom. The van der Waals surface area contributed by atoms with Crippen LogP contribution in [0.4, 0.5) is 0 Å². The van der Waals surface area contributed by atoms with E-state index in [0.717, 1.165) is 31.4 Å². The number of ether oxygens (including phenoxy) is 1. The van der Waals surface area contributed by atoms with Crippen LogP contribution in [0.25, 0.3) is 32.3 Å². The van der Waals surface area contributed by atoms with E-state index in [-0.39, 0.29) is 133 Å². The second-order valence-corrected chi connectivity index (χ2v) is 12.7. The van der Waals surface area contributed by atoms with Crippen LogP contribution in [0.2, 0.25) is 0 Å². The van der Waals surface area contributed by atoms with Gasteiger partial charge in [-0.25, -0.2) is 0 Å². The molecule has 17 heteroatoms. The molecular formula is C23H25Na3O11S3. The van der Waals surface area contributed by atoms with Gasteiger partial charge in [-0.05, 0) is 18.6 Å². The normalized spacial score (nSPS) is 12.1. The first-order valence-corrected chi connectivity index (χ1v) is 15.4. The van der Waals surface area contributed by atoms with Gasteiger partial charge in [0.25, 0.3) is 30.4 Å². The molecule has 0 bridgehead atoms. The Hall–Kier alpha value is 0.120. The fourth-order valence-electron chi connectivity index (χ4n) is 4.46. The molecule has 0 saturated carbocycles. The van der Waals surface area contributed by atoms with E-state index in [2.05, 4.69) is 0 Å². The summed E-state index contributed by atoms with van der Waals surface area (Å²) < 4.78 is 108. The molecule has 4 rings (SSSR count). The molecule has 11 nitrogen and oxygen atoms in total. The maximum absolute atomic E-state index is 12.5. The van der Waals surface area contributed by atoms with Crippen LogP contribution < -0.4 is 4.74 Å². The van der Waals surface area contributed by atoms with Gasteiger partial charge in [0.1, 0.15) is 20.4 Å². The van der Waals surface area contributed by atoms with Crippen LogP contribution in [0.1, 0.15) is 39.0 Å². The van der Waals surface area contributed by atoms with Gasteiger partial charge in [0.15, 0.2) is 0 Å². The van der Waals surface area contributed by atoms with Crippen molar-refractivity contribution < 1.29 is 48.4 Å². The number of hydrogen-bond acceptors (Lipinski definition) is 8. The van der Waals surface area contributed by atoms with Gasteiger partial charge in [-0.3, -0.25) is 18.5 Å². The summed E-state index contributed by atoms with van der Waals surface area (Å²) >= 11 is 0. The Balaban J connectivity index is 0.00000267. The topological polar surface area (TPSA) is 189 Å². The van der Waals surface area contributed by atoms with Crippen LogP contribution in [-0.2, 0) is 35.1 Å². The number of rotatable bonds is 9. The SMILES string of the molecule is CCCCCCC(=O)Oc1cc(S(=O)(=O)O)c2ccc3c(S(=O)(=O)O)cc(S(=O)(=O)O)c4ccc1c2c43.[NaH].[NaH].[NaH]. The van der Waals surface area contributed by atoms with Crippen molar-refractivity contribution >= 4 is 157 Å². The Morgan fingerprint density at radius 1 is 0.650 bits per heavy atom. The Labute approximate surface area is 297 Å². The molecule has 4 aromatic rings. The van der Waals surface area contributed by atoms with E-state index in [1.165, 1.54) is 18.2 Å². The van der Waals surface area contributed by atoms with E-state index >= 15 is 0 Å². The fraction of sp³-hybridized carbons (Fsp3) is 0.261. The molecule has 0 spiro atoms. The van der Waals surface area contributed by atoms with Gasteiger partial charge >= 0.3 is 94.6 Å². The molecule has 0 aliphatic carbocycles. The molecule has 3 N–H and O–H groups in total. The summed E-state index contributed by atoms with van der Waals surface area (Å²) in [5.74, 6) is -0.939. The zero-order valence-electron chi connectivity index (χ0n) is 19.3. The molecule has 4 aromatic carbocycles. The molecule has 0 aliphatic heterocycles. The summed E-state index contributed by atoms with van der Waals surface area (Å²) in [6.07, 6.45) is 3.18. The van der Waals surface area contributed by atoms with Gasteiger partial charge in [-0.2, -0.15) is 25.3 Å². The maximum atomic E-state index is 12.5. The monoisotopic (exact) mass is 642 g/mol. The first-order chi connectivity index (χ1) is 17.1. The number of carbonyl (C=O) groups is 1. The predicted octanol–water partition coefficient (Wildman–Crippen LogP) is 2.25. The van der Waals surface area contributed by atoms with Crippen LogP contribution in [0.3, 0.4) is 0 Å². The molecule has 0 heterocycles. The van der Waals surface area contributed by atoms with E-state index in [1.807, 2.05) is 6.92 Å². The van der Waals surface area contributed by atoms with E-state index in [0.29, 0.717) is 12.5 Å². The van der Waals surface area contributed by atoms with Crippen molar-refractivity contribution in [3.63, 3.8) is 0 Å². The van der Waals surface area contributed by atoms with Crippen molar-refractivity contribution in [2.45, 2.75) is 53.7 Å². The van der Waals surface area contributed by atoms with Gasteiger partial charge in [-0.15, -0.1) is 0 Å². The van der Waals surface area contributed by atoms with Crippen molar-refractivity contribution in [1.82, 2.24) is 0 Å². The average Bonchev–Trinajstić information content (AvgIpc) is 2.78. The van der Waals surface area contributed by atoms with Crippen LogP contribution in [0, 0.1) is 0 Å². The van der Waals surface area contributed by atoms with Gasteiger partial charge < -0.3 is 4.74 Å². The molecular weight excluding hydrogens is 617 g/mol. The summed E-state index contributed by atoms with van der Waals surface area (Å²) in [5.41, 5.74) is 0. The van der Waals surface area contributed by atoms with Crippen LogP contribution in [0.5, 0.6) is 5.75 Å². The molecule has 0 amide bonds. The van der Waals surface area contributed by atoms with E-state index < -0.39 is 51.0 Å². The number of benzene rings is 4. The number of esters is 1. The molecule has 0 aliphatic rings. The quantitative estimate of drug-likeness (QED) is 0.0606. The minimum atomic E-state index is -5.02. The molecule has 204 valence electrons. The Bertz CT molecular complexity index is 1840. The molecule has 40 heavy (non-hydrogen) atoms. The average molecular weight is 643 g/mol. The molecule has 0 aromatic heterocycles. The number of hydrogen-bond donors (Lipinski definition) is 3.